The van der Waals surface area contributed by atoms with Crippen LogP contribution in [0.15, 0.2) is 97.3 Å². The molecule has 2 heterocycles. The fourth-order valence-electron chi connectivity index (χ4n) is 3.93. The molecule has 2 aromatic heterocycles. The maximum absolute atomic E-state index is 11.9. The summed E-state index contributed by atoms with van der Waals surface area (Å²) in [6.07, 6.45) is 0. The first-order chi connectivity index (χ1) is 15.0. The molecule has 0 unspecified atom stereocenters. The van der Waals surface area contributed by atoms with E-state index in [-0.39, 0.29) is 11.3 Å². The molecule has 5 aromatic rings. The molecule has 31 heavy (non-hydrogen) atoms. The second kappa shape index (κ2) is 7.29. The SMILES string of the molecule is Cc1cc(=O)oc2cc(N(c3ccccc3)c3ccc4c(C)cc(=O)oc4c3)ccc12. The van der Waals surface area contributed by atoms with Gasteiger partial charge in [0.1, 0.15) is 11.2 Å². The Balaban J connectivity index is 1.76. The summed E-state index contributed by atoms with van der Waals surface area (Å²) in [7, 11) is 0. The van der Waals surface area contributed by atoms with Crippen molar-refractivity contribution in [2.24, 2.45) is 0 Å². The molecule has 3 aromatic carbocycles. The number of hydrogen-bond acceptors (Lipinski definition) is 5. The lowest BCUT2D eigenvalue weighted by atomic mass is 10.1. The van der Waals surface area contributed by atoms with Gasteiger partial charge in [-0.1, -0.05) is 18.2 Å². The summed E-state index contributed by atoms with van der Waals surface area (Å²) < 4.78 is 10.9. The van der Waals surface area contributed by atoms with Crippen LogP contribution >= 0.6 is 0 Å². The Bertz CT molecular complexity index is 1450. The van der Waals surface area contributed by atoms with Crippen molar-refractivity contribution in [1.29, 1.82) is 0 Å². The molecule has 0 atom stereocenters. The molecular weight excluding hydrogens is 390 g/mol. The molecule has 0 aliphatic rings. The van der Waals surface area contributed by atoms with E-state index in [0.29, 0.717) is 11.2 Å². The van der Waals surface area contributed by atoms with Gasteiger partial charge in [-0.2, -0.15) is 0 Å². The van der Waals surface area contributed by atoms with Crippen LogP contribution < -0.4 is 16.2 Å². The Morgan fingerprint density at radius 2 is 1.06 bits per heavy atom. The van der Waals surface area contributed by atoms with Gasteiger partial charge in [-0.15, -0.1) is 0 Å². The largest absolute Gasteiger partial charge is 0.423 e. The molecule has 5 rings (SSSR count). The highest BCUT2D eigenvalue weighted by molar-refractivity contribution is 5.90. The average Bonchev–Trinajstić information content (AvgIpc) is 2.74. The lowest BCUT2D eigenvalue weighted by Crippen LogP contribution is -2.10. The van der Waals surface area contributed by atoms with Crippen LogP contribution in [0.5, 0.6) is 0 Å². The van der Waals surface area contributed by atoms with Crippen molar-refractivity contribution >= 4 is 39.0 Å². The van der Waals surface area contributed by atoms with Gasteiger partial charge in [0.15, 0.2) is 0 Å². The summed E-state index contributed by atoms with van der Waals surface area (Å²) in [6.45, 7) is 3.78. The van der Waals surface area contributed by atoms with Gasteiger partial charge in [0.05, 0.1) is 0 Å². The zero-order valence-electron chi connectivity index (χ0n) is 17.1. The molecule has 0 bridgehead atoms. The average molecular weight is 409 g/mol. The number of fused-ring (bicyclic) bond motifs is 2. The third-order valence-electron chi connectivity index (χ3n) is 5.40. The van der Waals surface area contributed by atoms with Crippen molar-refractivity contribution in [2.75, 3.05) is 4.90 Å². The molecule has 0 saturated heterocycles. The number of aryl methyl sites for hydroxylation is 2. The summed E-state index contributed by atoms with van der Waals surface area (Å²) in [4.78, 5) is 25.9. The van der Waals surface area contributed by atoms with Gasteiger partial charge >= 0.3 is 11.3 Å². The van der Waals surface area contributed by atoms with Crippen molar-refractivity contribution < 1.29 is 8.83 Å². The fourth-order valence-corrected chi connectivity index (χ4v) is 3.93. The van der Waals surface area contributed by atoms with E-state index in [0.717, 1.165) is 39.0 Å². The summed E-state index contributed by atoms with van der Waals surface area (Å²) in [5.41, 5.74) is 4.58. The Morgan fingerprint density at radius 1 is 0.581 bits per heavy atom. The topological polar surface area (TPSA) is 63.7 Å². The van der Waals surface area contributed by atoms with E-state index in [4.69, 9.17) is 8.83 Å². The first-order valence-electron chi connectivity index (χ1n) is 9.94. The molecule has 0 amide bonds. The summed E-state index contributed by atoms with van der Waals surface area (Å²) >= 11 is 0. The number of rotatable bonds is 3. The lowest BCUT2D eigenvalue weighted by Gasteiger charge is -2.25. The van der Waals surface area contributed by atoms with Crippen molar-refractivity contribution in [3.05, 3.63) is 111 Å². The molecular formula is C26H19NO4. The van der Waals surface area contributed by atoms with Crippen molar-refractivity contribution in [3.63, 3.8) is 0 Å². The van der Waals surface area contributed by atoms with E-state index >= 15 is 0 Å². The van der Waals surface area contributed by atoms with Gasteiger partial charge in [-0.25, -0.2) is 9.59 Å². The Labute approximate surface area is 177 Å². The third-order valence-corrected chi connectivity index (χ3v) is 5.40. The van der Waals surface area contributed by atoms with E-state index in [1.54, 1.807) is 0 Å². The minimum absolute atomic E-state index is 0.378. The second-order valence-electron chi connectivity index (χ2n) is 7.53. The number of para-hydroxylation sites is 1. The van der Waals surface area contributed by atoms with Gasteiger partial charge < -0.3 is 13.7 Å². The van der Waals surface area contributed by atoms with E-state index in [2.05, 4.69) is 0 Å². The van der Waals surface area contributed by atoms with Crippen LogP contribution in [-0.2, 0) is 0 Å². The molecule has 0 saturated carbocycles. The van der Waals surface area contributed by atoms with Crippen molar-refractivity contribution in [1.82, 2.24) is 0 Å². The normalized spacial score (nSPS) is 11.2. The van der Waals surface area contributed by atoms with E-state index < -0.39 is 0 Å². The lowest BCUT2D eigenvalue weighted by molar-refractivity contribution is 0.560. The Morgan fingerprint density at radius 3 is 1.55 bits per heavy atom. The first kappa shape index (κ1) is 18.9. The van der Waals surface area contributed by atoms with Crippen LogP contribution in [0.3, 0.4) is 0 Å². The van der Waals surface area contributed by atoms with Crippen LogP contribution in [0.4, 0.5) is 17.1 Å². The Hall–Kier alpha value is -4.12. The highest BCUT2D eigenvalue weighted by Gasteiger charge is 2.15. The minimum atomic E-state index is -0.378. The van der Waals surface area contributed by atoms with Crippen LogP contribution in [-0.4, -0.2) is 0 Å². The number of hydrogen-bond donors (Lipinski definition) is 0. The van der Waals surface area contributed by atoms with Gasteiger partial charge in [0.2, 0.25) is 0 Å². The number of benzene rings is 3. The maximum Gasteiger partial charge on any atom is 0.336 e. The summed E-state index contributed by atoms with van der Waals surface area (Å²) in [5, 5.41) is 1.77. The highest BCUT2D eigenvalue weighted by atomic mass is 16.4. The Kier molecular flexibility index (Phi) is 4.44. The molecule has 0 fully saturated rings. The zero-order valence-corrected chi connectivity index (χ0v) is 17.1. The maximum atomic E-state index is 11.9. The predicted octanol–water partition coefficient (Wildman–Crippen LogP) is 5.99. The quantitative estimate of drug-likeness (QED) is 0.343. The van der Waals surface area contributed by atoms with Crippen LogP contribution in [0, 0.1) is 13.8 Å². The third kappa shape index (κ3) is 3.40. The first-order valence-corrected chi connectivity index (χ1v) is 9.94. The zero-order chi connectivity index (χ0) is 21.5. The van der Waals surface area contributed by atoms with Crippen molar-refractivity contribution in [3.8, 4) is 0 Å². The number of anilines is 3. The van der Waals surface area contributed by atoms with E-state index in [9.17, 15) is 9.59 Å². The van der Waals surface area contributed by atoms with Gasteiger partial charge in [0, 0.05) is 52.1 Å². The van der Waals surface area contributed by atoms with Crippen molar-refractivity contribution in [2.45, 2.75) is 13.8 Å². The monoisotopic (exact) mass is 409 g/mol. The van der Waals surface area contributed by atoms with Crippen LogP contribution in [0.1, 0.15) is 11.1 Å². The molecule has 5 heteroatoms. The van der Waals surface area contributed by atoms with E-state index in [1.807, 2.05) is 85.5 Å². The van der Waals surface area contributed by atoms with Crippen LogP contribution in [0.2, 0.25) is 0 Å². The molecule has 0 N–H and O–H groups in total. The van der Waals surface area contributed by atoms with Crippen LogP contribution in [0.25, 0.3) is 21.9 Å². The van der Waals surface area contributed by atoms with E-state index in [1.165, 1.54) is 12.1 Å². The summed E-state index contributed by atoms with van der Waals surface area (Å²) in [5.74, 6) is 0. The smallest absolute Gasteiger partial charge is 0.336 e. The standard InChI is InChI=1S/C26H19NO4/c1-16-12-25(28)30-23-14-19(8-10-21(16)23)27(18-6-4-3-5-7-18)20-9-11-22-17(2)13-26(29)31-24(22)15-20/h3-15H,1-2H3. The minimum Gasteiger partial charge on any atom is -0.423 e. The summed E-state index contributed by atoms with van der Waals surface area (Å²) in [6, 6.07) is 24.4. The fraction of sp³-hybridized carbons (Fsp3) is 0.0769. The van der Waals surface area contributed by atoms with Gasteiger partial charge in [-0.3, -0.25) is 0 Å². The molecule has 152 valence electrons. The molecule has 5 nitrogen and oxygen atoms in total. The molecule has 0 aliphatic heterocycles. The predicted molar refractivity (Wildman–Crippen MR) is 123 cm³/mol. The second-order valence-corrected chi connectivity index (χ2v) is 7.53. The molecule has 0 aliphatic carbocycles. The molecule has 0 radical (unpaired) electrons. The molecule has 0 spiro atoms. The highest BCUT2D eigenvalue weighted by Crippen LogP contribution is 2.37. The number of nitrogens with zero attached hydrogens (tertiary/aromatic N) is 1. The van der Waals surface area contributed by atoms with Gasteiger partial charge in [0.25, 0.3) is 0 Å². The van der Waals surface area contributed by atoms with Gasteiger partial charge in [-0.05, 0) is 61.4 Å².